The summed E-state index contributed by atoms with van der Waals surface area (Å²) in [6, 6.07) is 7.96. The van der Waals surface area contributed by atoms with Crippen LogP contribution in [0.25, 0.3) is 5.69 Å². The number of nitrogen functional groups attached to an aromatic ring is 1. The van der Waals surface area contributed by atoms with E-state index in [1.807, 2.05) is 18.2 Å². The fourth-order valence-corrected chi connectivity index (χ4v) is 3.66. The molecule has 6 nitrogen and oxygen atoms in total. The standard InChI is InChI=1S/C19H21ClN4O2/c1-12-5-3-4-8-23(12)15-7-6-14(20)9-16(15)24-11-13(10-21)17(22)18(24)19(25)26-2/h6-7,9,11-12H,3-5,8,22H2,1-2H3. The molecule has 2 aromatic rings. The first-order chi connectivity index (χ1) is 12.5. The Hall–Kier alpha value is -2.65. The van der Waals surface area contributed by atoms with Crippen molar-refractivity contribution in [1.82, 2.24) is 4.57 Å². The Kier molecular flexibility index (Phi) is 5.10. The number of carbonyl (C=O) groups excluding carboxylic acids is 1. The van der Waals surface area contributed by atoms with Gasteiger partial charge in [-0.1, -0.05) is 11.6 Å². The molecule has 0 spiro atoms. The molecular formula is C19H21ClN4O2. The zero-order chi connectivity index (χ0) is 18.8. The molecule has 0 saturated carbocycles. The van der Waals surface area contributed by atoms with Crippen LogP contribution in [0.4, 0.5) is 11.4 Å². The van der Waals surface area contributed by atoms with Gasteiger partial charge in [0.2, 0.25) is 0 Å². The largest absolute Gasteiger partial charge is 0.464 e. The molecule has 1 atom stereocenters. The molecule has 1 unspecified atom stereocenters. The number of benzene rings is 1. The van der Waals surface area contributed by atoms with E-state index in [1.165, 1.54) is 13.5 Å². The van der Waals surface area contributed by atoms with Gasteiger partial charge in [-0.3, -0.25) is 0 Å². The number of methoxy groups -OCH3 is 1. The molecule has 0 radical (unpaired) electrons. The molecule has 2 N–H and O–H groups in total. The van der Waals surface area contributed by atoms with E-state index in [0.717, 1.165) is 25.1 Å². The zero-order valence-electron chi connectivity index (χ0n) is 14.8. The summed E-state index contributed by atoms with van der Waals surface area (Å²) in [5.41, 5.74) is 8.16. The number of halogens is 1. The number of nitriles is 1. The number of rotatable bonds is 3. The first-order valence-electron chi connectivity index (χ1n) is 8.53. The van der Waals surface area contributed by atoms with Gasteiger partial charge in [0, 0.05) is 23.8 Å². The number of nitrogens with zero attached hydrogens (tertiary/aromatic N) is 3. The maximum absolute atomic E-state index is 12.3. The Morgan fingerprint density at radius 1 is 1.38 bits per heavy atom. The van der Waals surface area contributed by atoms with Crippen molar-refractivity contribution < 1.29 is 9.53 Å². The lowest BCUT2D eigenvalue weighted by molar-refractivity contribution is 0.0593. The van der Waals surface area contributed by atoms with E-state index in [9.17, 15) is 10.1 Å². The maximum atomic E-state index is 12.3. The molecule has 26 heavy (non-hydrogen) atoms. The lowest BCUT2D eigenvalue weighted by Crippen LogP contribution is -2.38. The van der Waals surface area contributed by atoms with Gasteiger partial charge < -0.3 is 19.9 Å². The minimum atomic E-state index is -0.596. The van der Waals surface area contributed by atoms with E-state index in [0.29, 0.717) is 16.8 Å². The summed E-state index contributed by atoms with van der Waals surface area (Å²) in [6.07, 6.45) is 4.96. The maximum Gasteiger partial charge on any atom is 0.357 e. The van der Waals surface area contributed by atoms with E-state index in [-0.39, 0.29) is 16.9 Å². The summed E-state index contributed by atoms with van der Waals surface area (Å²) in [6.45, 7) is 3.11. The fourth-order valence-electron chi connectivity index (χ4n) is 3.49. The van der Waals surface area contributed by atoms with E-state index in [2.05, 4.69) is 11.8 Å². The monoisotopic (exact) mass is 372 g/mol. The van der Waals surface area contributed by atoms with Crippen molar-refractivity contribution in [2.45, 2.75) is 32.2 Å². The fraction of sp³-hybridized carbons (Fsp3) is 0.368. The van der Waals surface area contributed by atoms with Gasteiger partial charge in [-0.2, -0.15) is 5.26 Å². The van der Waals surface area contributed by atoms with Crippen LogP contribution in [0.1, 0.15) is 42.2 Å². The van der Waals surface area contributed by atoms with Gasteiger partial charge in [0.25, 0.3) is 0 Å². The highest BCUT2D eigenvalue weighted by atomic mass is 35.5. The van der Waals surface area contributed by atoms with Gasteiger partial charge >= 0.3 is 5.97 Å². The Bertz CT molecular complexity index is 884. The molecule has 0 aliphatic carbocycles. The first-order valence-corrected chi connectivity index (χ1v) is 8.91. The minimum absolute atomic E-state index is 0.108. The predicted octanol–water partition coefficient (Wildman–Crippen LogP) is 3.75. The number of ether oxygens (including phenoxy) is 1. The highest BCUT2D eigenvalue weighted by Gasteiger charge is 2.26. The number of hydrogen-bond donors (Lipinski definition) is 1. The number of anilines is 2. The number of esters is 1. The SMILES string of the molecule is COC(=O)c1c(N)c(C#N)cn1-c1cc(Cl)ccc1N1CCCCC1C. The molecule has 1 aliphatic heterocycles. The molecule has 1 saturated heterocycles. The van der Waals surface area contributed by atoms with Gasteiger partial charge in [-0.25, -0.2) is 4.79 Å². The minimum Gasteiger partial charge on any atom is -0.464 e. The number of piperidine rings is 1. The average molecular weight is 373 g/mol. The third kappa shape index (κ3) is 3.11. The first kappa shape index (κ1) is 18.2. The van der Waals surface area contributed by atoms with Crippen LogP contribution < -0.4 is 10.6 Å². The second-order valence-corrected chi connectivity index (χ2v) is 6.89. The summed E-state index contributed by atoms with van der Waals surface area (Å²) in [5, 5.41) is 9.88. The van der Waals surface area contributed by atoms with Gasteiger partial charge in [0.15, 0.2) is 5.69 Å². The van der Waals surface area contributed by atoms with Crippen molar-refractivity contribution in [3.63, 3.8) is 0 Å². The van der Waals surface area contributed by atoms with Crippen molar-refractivity contribution in [3.05, 3.63) is 40.7 Å². The average Bonchev–Trinajstić information content (AvgIpc) is 2.98. The van der Waals surface area contributed by atoms with Gasteiger partial charge in [-0.05, 0) is 44.4 Å². The molecule has 1 aliphatic rings. The van der Waals surface area contributed by atoms with Gasteiger partial charge in [0.1, 0.15) is 6.07 Å². The van der Waals surface area contributed by atoms with Crippen LogP contribution in [-0.2, 0) is 4.74 Å². The molecule has 2 heterocycles. The molecule has 1 fully saturated rings. The van der Waals surface area contributed by atoms with Crippen molar-refractivity contribution in [2.75, 3.05) is 24.3 Å². The summed E-state index contributed by atoms with van der Waals surface area (Å²) >= 11 is 6.24. The van der Waals surface area contributed by atoms with Crippen molar-refractivity contribution in [1.29, 1.82) is 5.26 Å². The van der Waals surface area contributed by atoms with Crippen LogP contribution in [0.15, 0.2) is 24.4 Å². The molecule has 1 aromatic heterocycles. The molecule has 7 heteroatoms. The molecule has 3 rings (SSSR count). The van der Waals surface area contributed by atoms with Crippen molar-refractivity contribution in [2.24, 2.45) is 0 Å². The summed E-state index contributed by atoms with van der Waals surface area (Å²) in [4.78, 5) is 14.6. The molecular weight excluding hydrogens is 352 g/mol. The van der Waals surface area contributed by atoms with E-state index >= 15 is 0 Å². The predicted molar refractivity (Wildman–Crippen MR) is 102 cm³/mol. The molecule has 0 amide bonds. The Morgan fingerprint density at radius 2 is 2.15 bits per heavy atom. The molecule has 136 valence electrons. The highest BCUT2D eigenvalue weighted by Crippen LogP contribution is 2.35. The van der Waals surface area contributed by atoms with Crippen LogP contribution in [0.2, 0.25) is 5.02 Å². The zero-order valence-corrected chi connectivity index (χ0v) is 15.6. The topological polar surface area (TPSA) is 84.3 Å². The number of nitrogens with two attached hydrogens (primary N) is 1. The van der Waals surface area contributed by atoms with Crippen LogP contribution >= 0.6 is 11.6 Å². The van der Waals surface area contributed by atoms with Crippen molar-refractivity contribution >= 4 is 28.9 Å². The Balaban J connectivity index is 2.23. The second kappa shape index (κ2) is 7.30. The smallest absolute Gasteiger partial charge is 0.357 e. The number of hydrogen-bond acceptors (Lipinski definition) is 5. The Morgan fingerprint density at radius 3 is 2.81 bits per heavy atom. The van der Waals surface area contributed by atoms with E-state index in [1.54, 1.807) is 16.8 Å². The lowest BCUT2D eigenvalue weighted by atomic mass is 10.0. The van der Waals surface area contributed by atoms with Crippen LogP contribution in [0, 0.1) is 11.3 Å². The quantitative estimate of drug-likeness (QED) is 0.829. The summed E-state index contributed by atoms with van der Waals surface area (Å²) in [5.74, 6) is -0.596. The highest BCUT2D eigenvalue weighted by molar-refractivity contribution is 6.30. The third-order valence-electron chi connectivity index (χ3n) is 4.85. The molecule has 1 aromatic carbocycles. The van der Waals surface area contributed by atoms with Crippen molar-refractivity contribution in [3.8, 4) is 11.8 Å². The third-order valence-corrected chi connectivity index (χ3v) is 5.09. The van der Waals surface area contributed by atoms with Gasteiger partial charge in [-0.15, -0.1) is 0 Å². The summed E-state index contributed by atoms with van der Waals surface area (Å²) < 4.78 is 6.49. The van der Waals surface area contributed by atoms with Gasteiger partial charge in [0.05, 0.1) is 29.7 Å². The van der Waals surface area contributed by atoms with Crippen LogP contribution in [0.3, 0.4) is 0 Å². The summed E-state index contributed by atoms with van der Waals surface area (Å²) in [7, 11) is 1.29. The lowest BCUT2D eigenvalue weighted by Gasteiger charge is -2.36. The molecule has 0 bridgehead atoms. The second-order valence-electron chi connectivity index (χ2n) is 6.45. The van der Waals surface area contributed by atoms with E-state index < -0.39 is 5.97 Å². The number of carbonyl (C=O) groups is 1. The normalized spacial score (nSPS) is 17.0. The Labute approximate surface area is 157 Å². The van der Waals surface area contributed by atoms with Crippen LogP contribution in [-0.4, -0.2) is 30.2 Å². The van der Waals surface area contributed by atoms with E-state index in [4.69, 9.17) is 22.1 Å². The van der Waals surface area contributed by atoms with Crippen LogP contribution in [0.5, 0.6) is 0 Å². The number of aromatic nitrogens is 1.